The fraction of sp³-hybridized carbons (Fsp3) is 0.483. The molecule has 0 saturated carbocycles. The van der Waals surface area contributed by atoms with Crippen molar-refractivity contribution >= 4 is 30.7 Å². The molecule has 1 aliphatic rings. The van der Waals surface area contributed by atoms with E-state index in [-0.39, 0.29) is 18.0 Å². The lowest BCUT2D eigenvalue weighted by Crippen LogP contribution is -2.53. The Morgan fingerprint density at radius 2 is 1.60 bits per heavy atom. The first-order chi connectivity index (χ1) is 18.9. The Hall–Kier alpha value is -3.57. The molecule has 40 heavy (non-hydrogen) atoms. The number of aliphatic hydroxyl groups is 1. The van der Waals surface area contributed by atoms with Crippen LogP contribution >= 0.6 is 0 Å². The Bertz CT molecular complexity index is 1180. The molecule has 214 valence electrons. The van der Waals surface area contributed by atoms with Crippen LogP contribution in [-0.4, -0.2) is 77.0 Å². The van der Waals surface area contributed by atoms with E-state index >= 15 is 0 Å². The maximum absolute atomic E-state index is 13.5. The lowest BCUT2D eigenvalue weighted by atomic mass is 9.64. The highest BCUT2D eigenvalue weighted by atomic mass is 16.6. The Morgan fingerprint density at radius 3 is 2.15 bits per heavy atom. The van der Waals surface area contributed by atoms with Gasteiger partial charge in [-0.05, 0) is 52.3 Å². The minimum atomic E-state index is -1.28. The summed E-state index contributed by atoms with van der Waals surface area (Å²) in [7, 11) is 0.354. The van der Waals surface area contributed by atoms with Crippen LogP contribution in [-0.2, 0) is 23.7 Å². The second-order valence-corrected chi connectivity index (χ2v) is 10.8. The molecule has 1 aromatic carbocycles. The number of aromatic nitrogens is 1. The van der Waals surface area contributed by atoms with Crippen molar-refractivity contribution in [3.8, 4) is 11.3 Å². The average molecular weight is 551 g/mol. The standard InChI is InChI=1S/C29H38BN3O7/c1-17(2)15-22(30-39-28(37)18(3)33(6)19(4)29(38)40-30)16-25(35)26(20(5)34)32-27(36)24-14-10-13-23(31-24)21-11-8-7-9-12-21/h7-14,17-20,22,26,34H,15-16H2,1-6H3,(H,32,36)/t18-,19-,20-,22-,26+/m1/s1. The van der Waals surface area contributed by atoms with E-state index in [0.29, 0.717) is 12.1 Å². The number of carbonyl (C=O) groups excluding carboxylic acids is 4. The van der Waals surface area contributed by atoms with Crippen LogP contribution in [0.2, 0.25) is 5.82 Å². The second-order valence-electron chi connectivity index (χ2n) is 10.8. The summed E-state index contributed by atoms with van der Waals surface area (Å²) < 4.78 is 11.1. The summed E-state index contributed by atoms with van der Waals surface area (Å²) in [6, 6.07) is 11.7. The van der Waals surface area contributed by atoms with Crippen molar-refractivity contribution < 1.29 is 33.6 Å². The number of pyridine rings is 1. The summed E-state index contributed by atoms with van der Waals surface area (Å²) in [5.41, 5.74) is 1.51. The van der Waals surface area contributed by atoms with Crippen molar-refractivity contribution in [2.24, 2.45) is 5.92 Å². The minimum absolute atomic E-state index is 0.0719. The van der Waals surface area contributed by atoms with Crippen LogP contribution in [0.5, 0.6) is 0 Å². The zero-order valence-electron chi connectivity index (χ0n) is 23.9. The first kappa shape index (κ1) is 31.0. The fourth-order valence-electron chi connectivity index (χ4n) is 4.61. The molecule has 2 aromatic rings. The Morgan fingerprint density at radius 1 is 1.00 bits per heavy atom. The summed E-state index contributed by atoms with van der Waals surface area (Å²) in [6.45, 7) is 8.54. The Kier molecular flexibility index (Phi) is 10.6. The van der Waals surface area contributed by atoms with Gasteiger partial charge in [0.2, 0.25) is 0 Å². The molecule has 2 N–H and O–H groups in total. The van der Waals surface area contributed by atoms with Gasteiger partial charge in [-0.1, -0.05) is 50.2 Å². The highest BCUT2D eigenvalue weighted by molar-refractivity contribution is 6.51. The Labute approximate surface area is 235 Å². The van der Waals surface area contributed by atoms with Gasteiger partial charge in [0.05, 0.1) is 11.8 Å². The maximum atomic E-state index is 13.5. The number of carbonyl (C=O) groups is 4. The third-order valence-corrected chi connectivity index (χ3v) is 7.16. The largest absolute Gasteiger partial charge is 0.602 e. The van der Waals surface area contributed by atoms with Gasteiger partial charge in [-0.25, -0.2) is 4.98 Å². The van der Waals surface area contributed by atoms with E-state index in [2.05, 4.69) is 10.3 Å². The van der Waals surface area contributed by atoms with Gasteiger partial charge in [0.1, 0.15) is 23.8 Å². The summed E-state index contributed by atoms with van der Waals surface area (Å²) >= 11 is 0. The molecule has 5 atom stereocenters. The molecule has 2 heterocycles. The first-order valence-corrected chi connectivity index (χ1v) is 13.6. The zero-order chi connectivity index (χ0) is 29.6. The van der Waals surface area contributed by atoms with Crippen molar-refractivity contribution in [1.82, 2.24) is 15.2 Å². The normalized spacial score (nSPS) is 20.6. The van der Waals surface area contributed by atoms with Crippen molar-refractivity contribution in [2.75, 3.05) is 7.05 Å². The van der Waals surface area contributed by atoms with Crippen LogP contribution in [0.25, 0.3) is 11.3 Å². The van der Waals surface area contributed by atoms with E-state index in [1.807, 2.05) is 44.2 Å². The van der Waals surface area contributed by atoms with Crippen molar-refractivity contribution in [2.45, 2.75) is 77.5 Å². The number of benzene rings is 1. The fourth-order valence-corrected chi connectivity index (χ4v) is 4.61. The molecule has 1 saturated heterocycles. The van der Waals surface area contributed by atoms with Gasteiger partial charge in [0.25, 0.3) is 5.91 Å². The van der Waals surface area contributed by atoms with E-state index in [4.69, 9.17) is 9.31 Å². The number of Topliss-reactive ketones (excluding diaryl/α,β-unsaturated/α-hetero) is 1. The third kappa shape index (κ3) is 7.76. The maximum Gasteiger partial charge on any atom is 0.602 e. The summed E-state index contributed by atoms with van der Waals surface area (Å²) in [5, 5.41) is 13.1. The molecule has 0 radical (unpaired) electrons. The van der Waals surface area contributed by atoms with Crippen molar-refractivity contribution in [1.29, 1.82) is 0 Å². The van der Waals surface area contributed by atoms with Crippen LogP contribution < -0.4 is 5.32 Å². The van der Waals surface area contributed by atoms with Crippen LogP contribution in [0.15, 0.2) is 48.5 Å². The molecule has 0 spiro atoms. The van der Waals surface area contributed by atoms with E-state index in [1.54, 1.807) is 37.9 Å². The topological polar surface area (TPSA) is 135 Å². The molecule has 1 aliphatic heterocycles. The van der Waals surface area contributed by atoms with Crippen molar-refractivity contribution in [3.05, 3.63) is 54.2 Å². The number of nitrogens with zero attached hydrogens (tertiary/aromatic N) is 2. The minimum Gasteiger partial charge on any atom is -0.498 e. The number of nitrogens with one attached hydrogen (secondary N) is 1. The number of hydrogen-bond acceptors (Lipinski definition) is 9. The predicted molar refractivity (Wildman–Crippen MR) is 150 cm³/mol. The average Bonchev–Trinajstić information content (AvgIpc) is 2.93. The number of aliphatic hydroxyl groups excluding tert-OH is 1. The molecule has 1 fully saturated rings. The van der Waals surface area contributed by atoms with Gasteiger partial charge < -0.3 is 19.7 Å². The molecular formula is C29H38BN3O7. The lowest BCUT2D eigenvalue weighted by Gasteiger charge is -2.34. The number of hydrogen-bond donors (Lipinski definition) is 2. The summed E-state index contributed by atoms with van der Waals surface area (Å²) in [5.74, 6) is -2.85. The molecule has 0 aliphatic carbocycles. The molecule has 10 nitrogen and oxygen atoms in total. The van der Waals surface area contributed by atoms with Crippen molar-refractivity contribution in [3.63, 3.8) is 0 Å². The highest BCUT2D eigenvalue weighted by Crippen LogP contribution is 2.29. The number of rotatable bonds is 10. The first-order valence-electron chi connectivity index (χ1n) is 13.6. The third-order valence-electron chi connectivity index (χ3n) is 7.16. The molecule has 3 rings (SSSR count). The summed E-state index contributed by atoms with van der Waals surface area (Å²) in [4.78, 5) is 58.1. The van der Waals surface area contributed by atoms with Gasteiger partial charge in [-0.2, -0.15) is 0 Å². The number of likely N-dealkylation sites (N-methyl/N-ethyl adjacent to an activating group) is 1. The van der Waals surface area contributed by atoms with Gasteiger partial charge in [-0.3, -0.25) is 24.1 Å². The smallest absolute Gasteiger partial charge is 0.498 e. The summed E-state index contributed by atoms with van der Waals surface area (Å²) in [6.07, 6.45) is -1.02. The molecule has 1 amide bonds. The zero-order valence-corrected chi connectivity index (χ0v) is 23.9. The van der Waals surface area contributed by atoms with Crippen LogP contribution in [0, 0.1) is 5.92 Å². The molecular weight excluding hydrogens is 513 g/mol. The highest BCUT2D eigenvalue weighted by Gasteiger charge is 2.45. The van der Waals surface area contributed by atoms with E-state index in [9.17, 15) is 24.3 Å². The Balaban J connectivity index is 1.80. The van der Waals surface area contributed by atoms with E-state index in [0.717, 1.165) is 5.56 Å². The van der Waals surface area contributed by atoms with Crippen LogP contribution in [0.4, 0.5) is 0 Å². The van der Waals surface area contributed by atoms with Gasteiger partial charge in [0.15, 0.2) is 5.78 Å². The predicted octanol–water partition coefficient (Wildman–Crippen LogP) is 2.90. The SMILES string of the molecule is CC(C)C[C@H](CC(=O)[C@@H](NC(=O)c1cccc(-c2ccccc2)n1)[C@@H](C)O)B1OC(=O)[C@@H](C)N(C)[C@H](C)C(=O)O1. The molecule has 0 bridgehead atoms. The van der Waals surface area contributed by atoms with E-state index < -0.39 is 60.8 Å². The lowest BCUT2D eigenvalue weighted by molar-refractivity contribution is -0.153. The number of amides is 1. The quantitative estimate of drug-likeness (QED) is 0.428. The van der Waals surface area contributed by atoms with Gasteiger partial charge in [0, 0.05) is 17.8 Å². The molecule has 11 heteroatoms. The van der Waals surface area contributed by atoms with Gasteiger partial charge in [-0.15, -0.1) is 0 Å². The molecule has 1 aromatic heterocycles. The van der Waals surface area contributed by atoms with Crippen LogP contribution in [0.1, 0.15) is 57.9 Å². The number of ketones is 1. The van der Waals surface area contributed by atoms with Crippen LogP contribution in [0.3, 0.4) is 0 Å². The van der Waals surface area contributed by atoms with Gasteiger partial charge >= 0.3 is 19.1 Å². The monoisotopic (exact) mass is 551 g/mol. The van der Waals surface area contributed by atoms with E-state index in [1.165, 1.54) is 13.0 Å². The molecule has 0 unspecified atom stereocenters. The second kappa shape index (κ2) is 13.7.